The van der Waals surface area contributed by atoms with E-state index in [1.807, 2.05) is 24.3 Å². The smallest absolute Gasteiger partial charge is 0.232 e. The lowest BCUT2D eigenvalue weighted by atomic mass is 9.96. The van der Waals surface area contributed by atoms with Crippen LogP contribution in [0.3, 0.4) is 0 Å². The summed E-state index contributed by atoms with van der Waals surface area (Å²) >= 11 is 0. The van der Waals surface area contributed by atoms with E-state index in [2.05, 4.69) is 16.7 Å². The maximum atomic E-state index is 12.1. The molecule has 2 aliphatic rings. The molecule has 4 nitrogen and oxygen atoms in total. The first-order valence-electron chi connectivity index (χ1n) is 8.08. The second-order valence-corrected chi connectivity index (χ2v) is 6.04. The van der Waals surface area contributed by atoms with Crippen molar-refractivity contribution in [3.05, 3.63) is 41.5 Å². The van der Waals surface area contributed by atoms with Gasteiger partial charge in [-0.25, -0.2) is 0 Å². The maximum Gasteiger partial charge on any atom is 0.232 e. The van der Waals surface area contributed by atoms with Crippen LogP contribution < -0.4 is 10.6 Å². The maximum absolute atomic E-state index is 12.1. The zero-order chi connectivity index (χ0) is 15.4. The quantitative estimate of drug-likeness (QED) is 0.821. The number of benzene rings is 1. The van der Waals surface area contributed by atoms with Gasteiger partial charge in [0.15, 0.2) is 0 Å². The highest BCUT2D eigenvalue weighted by Crippen LogP contribution is 2.34. The SMILES string of the molecule is O=C(CC1C(=O)Nc2ccccc21)NCCC1=CCCCC1. The standard InChI is InChI=1S/C18H22N2O2/c21-17(19-11-10-13-6-2-1-3-7-13)12-15-14-8-4-5-9-16(14)20-18(15)22/h4-6,8-9,15H,1-3,7,10-12H2,(H,19,21)(H,20,22). The molecule has 1 aromatic carbocycles. The molecule has 1 aliphatic carbocycles. The zero-order valence-electron chi connectivity index (χ0n) is 12.7. The highest BCUT2D eigenvalue weighted by molar-refractivity contribution is 6.04. The van der Waals surface area contributed by atoms with Crippen LogP contribution in [-0.4, -0.2) is 18.4 Å². The first-order chi connectivity index (χ1) is 10.7. The summed E-state index contributed by atoms with van der Waals surface area (Å²) in [5.74, 6) is -0.482. The number of nitrogens with one attached hydrogen (secondary N) is 2. The lowest BCUT2D eigenvalue weighted by Gasteiger charge is -2.13. The Labute approximate surface area is 131 Å². The van der Waals surface area contributed by atoms with Crippen molar-refractivity contribution in [2.75, 3.05) is 11.9 Å². The van der Waals surface area contributed by atoms with Gasteiger partial charge in [0.1, 0.15) is 0 Å². The summed E-state index contributed by atoms with van der Waals surface area (Å²) in [4.78, 5) is 24.1. The molecular weight excluding hydrogens is 276 g/mol. The molecule has 0 saturated heterocycles. The Morgan fingerprint density at radius 2 is 2.14 bits per heavy atom. The summed E-state index contributed by atoms with van der Waals surface area (Å²) in [5.41, 5.74) is 3.21. The molecule has 0 saturated carbocycles. The van der Waals surface area contributed by atoms with Crippen LogP contribution in [-0.2, 0) is 9.59 Å². The third-order valence-corrected chi connectivity index (χ3v) is 4.45. The minimum Gasteiger partial charge on any atom is -0.356 e. The summed E-state index contributed by atoms with van der Waals surface area (Å²) in [6.07, 6.45) is 8.33. The van der Waals surface area contributed by atoms with Gasteiger partial charge >= 0.3 is 0 Å². The second kappa shape index (κ2) is 6.77. The average molecular weight is 298 g/mol. The molecule has 2 N–H and O–H groups in total. The van der Waals surface area contributed by atoms with Gasteiger partial charge in [0.05, 0.1) is 5.92 Å². The first kappa shape index (κ1) is 14.8. The molecule has 1 aromatic rings. The number of fused-ring (bicyclic) bond motifs is 1. The van der Waals surface area contributed by atoms with Crippen molar-refractivity contribution in [2.24, 2.45) is 0 Å². The molecule has 0 fully saturated rings. The number of rotatable bonds is 5. The molecule has 22 heavy (non-hydrogen) atoms. The monoisotopic (exact) mass is 298 g/mol. The highest BCUT2D eigenvalue weighted by Gasteiger charge is 2.31. The molecule has 116 valence electrons. The number of para-hydroxylation sites is 1. The summed E-state index contributed by atoms with van der Waals surface area (Å²) in [7, 11) is 0. The minimum atomic E-state index is -0.356. The van der Waals surface area contributed by atoms with Crippen LogP contribution in [0.15, 0.2) is 35.9 Å². The molecule has 1 heterocycles. The van der Waals surface area contributed by atoms with Crippen molar-refractivity contribution < 1.29 is 9.59 Å². The lowest BCUT2D eigenvalue weighted by molar-refractivity contribution is -0.125. The van der Waals surface area contributed by atoms with E-state index in [9.17, 15) is 9.59 Å². The van der Waals surface area contributed by atoms with Gasteiger partial charge in [-0.2, -0.15) is 0 Å². The Bertz CT molecular complexity index is 607. The Morgan fingerprint density at radius 3 is 2.95 bits per heavy atom. The van der Waals surface area contributed by atoms with E-state index >= 15 is 0 Å². The molecule has 1 unspecified atom stereocenters. The molecule has 0 aromatic heterocycles. The number of allylic oxidation sites excluding steroid dienone is 1. The van der Waals surface area contributed by atoms with Crippen molar-refractivity contribution in [3.63, 3.8) is 0 Å². The van der Waals surface area contributed by atoms with E-state index in [4.69, 9.17) is 0 Å². The van der Waals surface area contributed by atoms with E-state index < -0.39 is 0 Å². The average Bonchev–Trinajstić information content (AvgIpc) is 2.84. The van der Waals surface area contributed by atoms with E-state index in [-0.39, 0.29) is 24.2 Å². The van der Waals surface area contributed by atoms with Crippen LogP contribution >= 0.6 is 0 Å². The molecule has 4 heteroatoms. The van der Waals surface area contributed by atoms with Gasteiger partial charge < -0.3 is 10.6 Å². The van der Waals surface area contributed by atoms with E-state index in [0.717, 1.165) is 24.1 Å². The van der Waals surface area contributed by atoms with Crippen molar-refractivity contribution in [3.8, 4) is 0 Å². The Kier molecular flexibility index (Phi) is 4.56. The molecule has 1 aliphatic heterocycles. The highest BCUT2D eigenvalue weighted by atomic mass is 16.2. The molecule has 1 atom stereocenters. The normalized spacial score (nSPS) is 20.1. The Hall–Kier alpha value is -2.10. The second-order valence-electron chi connectivity index (χ2n) is 6.04. The molecular formula is C18H22N2O2. The van der Waals surface area contributed by atoms with Crippen LogP contribution in [0.1, 0.15) is 50.0 Å². The van der Waals surface area contributed by atoms with Crippen LogP contribution in [0.5, 0.6) is 0 Å². The molecule has 2 amide bonds. The molecule has 0 bridgehead atoms. The topological polar surface area (TPSA) is 58.2 Å². The van der Waals surface area contributed by atoms with Crippen LogP contribution in [0.25, 0.3) is 0 Å². The predicted octanol–water partition coefficient (Wildman–Crippen LogP) is 3.12. The number of anilines is 1. The van der Waals surface area contributed by atoms with Crippen molar-refractivity contribution in [2.45, 2.75) is 44.4 Å². The minimum absolute atomic E-state index is 0.0479. The van der Waals surface area contributed by atoms with Crippen LogP contribution in [0, 0.1) is 0 Å². The largest absolute Gasteiger partial charge is 0.356 e. The van der Waals surface area contributed by atoms with Crippen molar-refractivity contribution >= 4 is 17.5 Å². The third-order valence-electron chi connectivity index (χ3n) is 4.45. The van der Waals surface area contributed by atoms with Crippen molar-refractivity contribution in [1.82, 2.24) is 5.32 Å². The summed E-state index contributed by atoms with van der Waals surface area (Å²) in [6, 6.07) is 7.58. The summed E-state index contributed by atoms with van der Waals surface area (Å²) in [6.45, 7) is 0.667. The van der Waals surface area contributed by atoms with Gasteiger partial charge in [0.2, 0.25) is 11.8 Å². The number of carbonyl (C=O) groups excluding carboxylic acids is 2. The fourth-order valence-electron chi connectivity index (χ4n) is 3.23. The Balaban J connectivity index is 1.49. The van der Waals surface area contributed by atoms with Gasteiger partial charge in [-0.3, -0.25) is 9.59 Å². The predicted molar refractivity (Wildman–Crippen MR) is 86.6 cm³/mol. The van der Waals surface area contributed by atoms with Gasteiger partial charge in [0, 0.05) is 18.7 Å². The van der Waals surface area contributed by atoms with Gasteiger partial charge in [-0.1, -0.05) is 29.8 Å². The van der Waals surface area contributed by atoms with Crippen LogP contribution in [0.4, 0.5) is 5.69 Å². The fourth-order valence-corrected chi connectivity index (χ4v) is 3.23. The third kappa shape index (κ3) is 3.38. The van der Waals surface area contributed by atoms with Gasteiger partial charge in [-0.05, 0) is 43.7 Å². The zero-order valence-corrected chi connectivity index (χ0v) is 12.7. The van der Waals surface area contributed by atoms with E-state index in [1.165, 1.54) is 24.8 Å². The van der Waals surface area contributed by atoms with E-state index in [0.29, 0.717) is 6.54 Å². The number of carbonyl (C=O) groups is 2. The van der Waals surface area contributed by atoms with Crippen molar-refractivity contribution in [1.29, 1.82) is 0 Å². The number of hydrogen-bond donors (Lipinski definition) is 2. The lowest BCUT2D eigenvalue weighted by Crippen LogP contribution is -2.28. The summed E-state index contributed by atoms with van der Waals surface area (Å²) in [5, 5.41) is 5.78. The number of hydrogen-bond acceptors (Lipinski definition) is 2. The molecule has 0 spiro atoms. The van der Waals surface area contributed by atoms with E-state index in [1.54, 1.807) is 0 Å². The van der Waals surface area contributed by atoms with Crippen LogP contribution in [0.2, 0.25) is 0 Å². The van der Waals surface area contributed by atoms with Gasteiger partial charge in [-0.15, -0.1) is 0 Å². The fraction of sp³-hybridized carbons (Fsp3) is 0.444. The Morgan fingerprint density at radius 1 is 1.27 bits per heavy atom. The first-order valence-corrected chi connectivity index (χ1v) is 8.08. The van der Waals surface area contributed by atoms with Gasteiger partial charge in [0.25, 0.3) is 0 Å². The molecule has 3 rings (SSSR count). The number of amides is 2. The summed E-state index contributed by atoms with van der Waals surface area (Å²) < 4.78 is 0. The molecule has 0 radical (unpaired) electrons.